The molecule has 0 aliphatic heterocycles. The van der Waals surface area contributed by atoms with Gasteiger partial charge in [-0.15, -0.1) is 5.10 Å². The third-order valence-electron chi connectivity index (χ3n) is 1.76. The Morgan fingerprint density at radius 3 is 2.50 bits per heavy atom. The van der Waals surface area contributed by atoms with Crippen LogP contribution in [0.4, 0.5) is 0 Å². The number of aromatic nitrogens is 3. The minimum Gasteiger partial charge on any atom is -0.250 e. The molecule has 10 heavy (non-hydrogen) atoms. The number of rotatable bonds is 3. The lowest BCUT2D eigenvalue weighted by Crippen LogP contribution is -2.07. The molecule has 56 valence electrons. The van der Waals surface area contributed by atoms with Crippen molar-refractivity contribution in [2.45, 2.75) is 32.7 Å². The van der Waals surface area contributed by atoms with Crippen LogP contribution in [-0.4, -0.2) is 15.0 Å². The van der Waals surface area contributed by atoms with Crippen molar-refractivity contribution in [1.82, 2.24) is 15.0 Å². The monoisotopic (exact) mass is 139 g/mol. The first kappa shape index (κ1) is 7.25. The molecule has 1 aromatic heterocycles. The highest BCUT2D eigenvalue weighted by Crippen LogP contribution is 2.11. The van der Waals surface area contributed by atoms with Crippen molar-refractivity contribution >= 4 is 0 Å². The van der Waals surface area contributed by atoms with Crippen molar-refractivity contribution in [3.63, 3.8) is 0 Å². The molecule has 0 radical (unpaired) electrons. The van der Waals surface area contributed by atoms with E-state index < -0.39 is 0 Å². The Kier molecular flexibility index (Phi) is 2.42. The predicted octanol–water partition coefficient (Wildman–Crippen LogP) is 1.64. The fourth-order valence-electron chi connectivity index (χ4n) is 1.07. The molecule has 0 aliphatic carbocycles. The Morgan fingerprint density at radius 2 is 2.10 bits per heavy atom. The summed E-state index contributed by atoms with van der Waals surface area (Å²) in [5, 5.41) is 7.68. The van der Waals surface area contributed by atoms with Crippen LogP contribution in [0.5, 0.6) is 0 Å². The highest BCUT2D eigenvalue weighted by molar-refractivity contribution is 4.70. The molecule has 0 unspecified atom stereocenters. The van der Waals surface area contributed by atoms with E-state index in [-0.39, 0.29) is 0 Å². The summed E-state index contributed by atoms with van der Waals surface area (Å²) in [6, 6.07) is 0.530. The molecule has 3 heteroatoms. The molecular formula is C7H13N3. The molecule has 0 aliphatic rings. The van der Waals surface area contributed by atoms with Gasteiger partial charge in [-0.2, -0.15) is 0 Å². The van der Waals surface area contributed by atoms with Crippen molar-refractivity contribution < 1.29 is 0 Å². The Hall–Kier alpha value is -0.860. The van der Waals surface area contributed by atoms with Gasteiger partial charge in [0.05, 0.1) is 12.2 Å². The summed E-state index contributed by atoms with van der Waals surface area (Å²) in [7, 11) is 0. The molecule has 0 saturated heterocycles. The highest BCUT2D eigenvalue weighted by Gasteiger charge is 2.04. The lowest BCUT2D eigenvalue weighted by atomic mass is 10.2. The number of hydrogen-bond donors (Lipinski definition) is 0. The van der Waals surface area contributed by atoms with E-state index in [1.54, 1.807) is 6.20 Å². The molecule has 1 rings (SSSR count). The second-order valence-corrected chi connectivity index (χ2v) is 2.35. The van der Waals surface area contributed by atoms with Gasteiger partial charge in [0.25, 0.3) is 0 Å². The van der Waals surface area contributed by atoms with Crippen LogP contribution >= 0.6 is 0 Å². The number of hydrogen-bond acceptors (Lipinski definition) is 2. The van der Waals surface area contributed by atoms with Crippen LogP contribution in [-0.2, 0) is 0 Å². The Labute approximate surface area is 61.1 Å². The van der Waals surface area contributed by atoms with Gasteiger partial charge in [0.2, 0.25) is 0 Å². The van der Waals surface area contributed by atoms with Crippen molar-refractivity contribution in [2.24, 2.45) is 0 Å². The summed E-state index contributed by atoms with van der Waals surface area (Å²) in [6.45, 7) is 4.33. The van der Waals surface area contributed by atoms with Crippen LogP contribution < -0.4 is 0 Å². The molecule has 1 aromatic rings. The average molecular weight is 139 g/mol. The predicted molar refractivity (Wildman–Crippen MR) is 39.6 cm³/mol. The van der Waals surface area contributed by atoms with Crippen molar-refractivity contribution in [2.75, 3.05) is 0 Å². The van der Waals surface area contributed by atoms with Crippen LogP contribution in [0.25, 0.3) is 0 Å². The van der Waals surface area contributed by atoms with Gasteiger partial charge in [-0.25, -0.2) is 4.68 Å². The van der Waals surface area contributed by atoms with E-state index >= 15 is 0 Å². The second-order valence-electron chi connectivity index (χ2n) is 2.35. The molecule has 0 saturated carbocycles. The molecule has 0 amide bonds. The zero-order valence-electron chi connectivity index (χ0n) is 6.49. The SMILES string of the molecule is CCC(CC)n1ccnn1. The number of nitrogens with zero attached hydrogens (tertiary/aromatic N) is 3. The maximum Gasteiger partial charge on any atom is 0.0693 e. The standard InChI is InChI=1S/C7H13N3/c1-3-7(4-2)10-6-5-8-9-10/h5-7H,3-4H2,1-2H3. The van der Waals surface area contributed by atoms with E-state index in [9.17, 15) is 0 Å². The molecular weight excluding hydrogens is 126 g/mol. The average Bonchev–Trinajstić information content (AvgIpc) is 2.43. The smallest absolute Gasteiger partial charge is 0.0693 e. The lowest BCUT2D eigenvalue weighted by molar-refractivity contribution is 0.418. The molecule has 0 atom stereocenters. The largest absolute Gasteiger partial charge is 0.250 e. The minimum absolute atomic E-state index is 0.530. The van der Waals surface area contributed by atoms with Crippen molar-refractivity contribution in [3.8, 4) is 0 Å². The first-order chi connectivity index (χ1) is 4.88. The Morgan fingerprint density at radius 1 is 1.40 bits per heavy atom. The first-order valence-corrected chi connectivity index (χ1v) is 3.74. The lowest BCUT2D eigenvalue weighted by Gasteiger charge is -2.10. The van der Waals surface area contributed by atoms with Gasteiger partial charge in [0.15, 0.2) is 0 Å². The zero-order chi connectivity index (χ0) is 7.40. The maximum absolute atomic E-state index is 3.92. The molecule has 1 heterocycles. The van der Waals surface area contributed by atoms with E-state index in [2.05, 4.69) is 24.2 Å². The fraction of sp³-hybridized carbons (Fsp3) is 0.714. The first-order valence-electron chi connectivity index (χ1n) is 3.74. The third-order valence-corrected chi connectivity index (χ3v) is 1.76. The van der Waals surface area contributed by atoms with Crippen molar-refractivity contribution in [1.29, 1.82) is 0 Å². The molecule has 0 bridgehead atoms. The van der Waals surface area contributed by atoms with Gasteiger partial charge in [0.1, 0.15) is 0 Å². The summed E-state index contributed by atoms with van der Waals surface area (Å²) in [6.07, 6.45) is 5.88. The van der Waals surface area contributed by atoms with Gasteiger partial charge >= 0.3 is 0 Å². The molecule has 0 fully saturated rings. The van der Waals surface area contributed by atoms with Gasteiger partial charge in [-0.05, 0) is 12.8 Å². The second kappa shape index (κ2) is 3.34. The summed E-state index contributed by atoms with van der Waals surface area (Å²) in [5.41, 5.74) is 0. The summed E-state index contributed by atoms with van der Waals surface area (Å²) in [5.74, 6) is 0. The molecule has 0 spiro atoms. The van der Waals surface area contributed by atoms with E-state index in [1.807, 2.05) is 10.9 Å². The van der Waals surface area contributed by atoms with Gasteiger partial charge < -0.3 is 0 Å². The van der Waals surface area contributed by atoms with Gasteiger partial charge in [0, 0.05) is 6.20 Å². The molecule has 0 aromatic carbocycles. The van der Waals surface area contributed by atoms with E-state index in [4.69, 9.17) is 0 Å². The van der Waals surface area contributed by atoms with Crippen LogP contribution in [0, 0.1) is 0 Å². The Balaban J connectivity index is 2.64. The molecule has 3 nitrogen and oxygen atoms in total. The fourth-order valence-corrected chi connectivity index (χ4v) is 1.07. The Bertz CT molecular complexity index is 165. The summed E-state index contributed by atoms with van der Waals surface area (Å²) in [4.78, 5) is 0. The zero-order valence-corrected chi connectivity index (χ0v) is 6.49. The highest BCUT2D eigenvalue weighted by atomic mass is 15.4. The van der Waals surface area contributed by atoms with Crippen LogP contribution in [0.1, 0.15) is 32.7 Å². The topological polar surface area (TPSA) is 30.7 Å². The normalized spacial score (nSPS) is 10.7. The van der Waals surface area contributed by atoms with Crippen LogP contribution in [0.3, 0.4) is 0 Å². The van der Waals surface area contributed by atoms with E-state index in [0.29, 0.717) is 6.04 Å². The van der Waals surface area contributed by atoms with Crippen molar-refractivity contribution in [3.05, 3.63) is 12.4 Å². The van der Waals surface area contributed by atoms with E-state index in [1.165, 1.54) is 0 Å². The van der Waals surface area contributed by atoms with Crippen LogP contribution in [0.2, 0.25) is 0 Å². The quantitative estimate of drug-likeness (QED) is 0.637. The van der Waals surface area contributed by atoms with Crippen LogP contribution in [0.15, 0.2) is 12.4 Å². The summed E-state index contributed by atoms with van der Waals surface area (Å²) >= 11 is 0. The van der Waals surface area contributed by atoms with Gasteiger partial charge in [-0.3, -0.25) is 0 Å². The minimum atomic E-state index is 0.530. The summed E-state index contributed by atoms with van der Waals surface area (Å²) < 4.78 is 1.92. The third kappa shape index (κ3) is 1.35. The van der Waals surface area contributed by atoms with E-state index in [0.717, 1.165) is 12.8 Å². The molecule has 0 N–H and O–H groups in total. The van der Waals surface area contributed by atoms with Gasteiger partial charge in [-0.1, -0.05) is 19.1 Å². The maximum atomic E-state index is 3.92.